The van der Waals surface area contributed by atoms with Crippen molar-refractivity contribution in [2.24, 2.45) is 4.99 Å². The number of quaternary nitrogens is 1. The van der Waals surface area contributed by atoms with Crippen molar-refractivity contribution in [2.45, 2.75) is 71.9 Å². The second-order valence-electron chi connectivity index (χ2n) is 6.61. The maximum atomic E-state index is 11.1. The zero-order valence-electron chi connectivity index (χ0n) is 15.4. The van der Waals surface area contributed by atoms with Gasteiger partial charge in [0.2, 0.25) is 5.91 Å². The number of hydrogen-bond donors (Lipinski definition) is 1. The predicted molar refractivity (Wildman–Crippen MR) is 98.6 cm³/mol. The molecule has 132 valence electrons. The highest BCUT2D eigenvalue weighted by Gasteiger charge is 2.37. The zero-order chi connectivity index (χ0) is 17.0. The van der Waals surface area contributed by atoms with Crippen molar-refractivity contribution in [1.82, 2.24) is 5.32 Å². The van der Waals surface area contributed by atoms with Crippen LogP contribution >= 0.6 is 0 Å². The third kappa shape index (κ3) is 7.30. The number of nitrogens with one attached hydrogen (secondary N) is 1. The molecule has 1 N–H and O–H groups in total. The van der Waals surface area contributed by atoms with Gasteiger partial charge in [-0.05, 0) is 32.6 Å². The summed E-state index contributed by atoms with van der Waals surface area (Å²) < 4.78 is 1.01. The number of aliphatic imine (C=N–C) groups is 1. The zero-order valence-corrected chi connectivity index (χ0v) is 15.4. The Labute approximate surface area is 142 Å². The molecular weight excluding hydrogens is 286 g/mol. The molecule has 1 heterocycles. The first-order valence-electron chi connectivity index (χ1n) is 9.41. The third-order valence-corrected chi connectivity index (χ3v) is 4.90. The predicted octanol–water partition coefficient (Wildman–Crippen LogP) is 3.68. The average molecular weight is 323 g/mol. The monoisotopic (exact) mass is 322 g/mol. The summed E-state index contributed by atoms with van der Waals surface area (Å²) in [5, 5.41) is 2.94. The summed E-state index contributed by atoms with van der Waals surface area (Å²) in [4.78, 5) is 15.8. The highest BCUT2D eigenvalue weighted by molar-refractivity contribution is 5.72. The molecule has 4 nitrogen and oxygen atoms in total. The lowest BCUT2D eigenvalue weighted by Gasteiger charge is -2.38. The molecule has 1 amide bonds. The second kappa shape index (κ2) is 11.4. The molecule has 0 aliphatic carbocycles. The first-order chi connectivity index (χ1) is 11.1. The molecule has 0 fully saturated rings. The van der Waals surface area contributed by atoms with E-state index in [9.17, 15) is 4.79 Å². The van der Waals surface area contributed by atoms with Crippen molar-refractivity contribution in [1.29, 1.82) is 0 Å². The minimum absolute atomic E-state index is 0.0630. The van der Waals surface area contributed by atoms with Gasteiger partial charge in [-0.15, -0.1) is 0 Å². The van der Waals surface area contributed by atoms with Gasteiger partial charge in [0.05, 0.1) is 25.8 Å². The quantitative estimate of drug-likeness (QED) is 0.332. The Morgan fingerprint density at radius 2 is 2.04 bits per heavy atom. The second-order valence-corrected chi connectivity index (χ2v) is 6.61. The molecule has 0 aromatic heterocycles. The van der Waals surface area contributed by atoms with Crippen LogP contribution in [0.1, 0.15) is 65.7 Å². The molecule has 0 saturated heterocycles. The number of rotatable bonds is 12. The standard InChI is InChI=1S/C19H35N3O/c1-4-6-7-8-9-10-11-12-13-19-21-15-17-22(19,5-2)16-14-20-18(3)23/h6-7,15,19H,4-5,8-14,16-17H2,1-3H3/p+1/b7-6+. The highest BCUT2D eigenvalue weighted by atomic mass is 16.1. The van der Waals surface area contributed by atoms with E-state index in [2.05, 4.69) is 37.5 Å². The van der Waals surface area contributed by atoms with Gasteiger partial charge in [0.15, 0.2) is 6.17 Å². The van der Waals surface area contributed by atoms with Crippen molar-refractivity contribution in [3.63, 3.8) is 0 Å². The van der Waals surface area contributed by atoms with E-state index in [4.69, 9.17) is 4.99 Å². The third-order valence-electron chi connectivity index (χ3n) is 4.90. The SMILES string of the molecule is CC/C=C/CCCCCCC1N=CC[N+]1(CC)CCNC(C)=O. The molecule has 2 atom stereocenters. The van der Waals surface area contributed by atoms with E-state index in [-0.39, 0.29) is 5.91 Å². The molecule has 0 aromatic rings. The van der Waals surface area contributed by atoms with E-state index in [1.165, 1.54) is 38.5 Å². The van der Waals surface area contributed by atoms with E-state index in [0.717, 1.165) is 37.1 Å². The fourth-order valence-electron chi connectivity index (χ4n) is 3.36. The number of unbranched alkanes of at least 4 members (excludes halogenated alkanes) is 4. The van der Waals surface area contributed by atoms with E-state index in [0.29, 0.717) is 6.17 Å². The van der Waals surface area contributed by atoms with Gasteiger partial charge in [0.1, 0.15) is 6.54 Å². The van der Waals surface area contributed by atoms with Gasteiger partial charge in [-0.2, -0.15) is 0 Å². The van der Waals surface area contributed by atoms with Crippen LogP contribution in [0.3, 0.4) is 0 Å². The lowest BCUT2D eigenvalue weighted by Crippen LogP contribution is -2.55. The lowest BCUT2D eigenvalue weighted by atomic mass is 10.1. The van der Waals surface area contributed by atoms with Crippen LogP contribution in [0.4, 0.5) is 0 Å². The molecule has 23 heavy (non-hydrogen) atoms. The normalized spacial score (nSPS) is 23.7. The highest BCUT2D eigenvalue weighted by Crippen LogP contribution is 2.24. The van der Waals surface area contributed by atoms with Gasteiger partial charge < -0.3 is 5.32 Å². The molecule has 0 aromatic carbocycles. The van der Waals surface area contributed by atoms with E-state index in [1.54, 1.807) is 6.92 Å². The van der Waals surface area contributed by atoms with Crippen LogP contribution in [0.5, 0.6) is 0 Å². The van der Waals surface area contributed by atoms with Gasteiger partial charge >= 0.3 is 0 Å². The van der Waals surface area contributed by atoms with Crippen molar-refractivity contribution in [2.75, 3.05) is 26.2 Å². The number of amides is 1. The molecule has 4 heteroatoms. The maximum Gasteiger partial charge on any atom is 0.217 e. The summed E-state index contributed by atoms with van der Waals surface area (Å²) in [6.07, 6.45) is 15.8. The van der Waals surface area contributed by atoms with Gasteiger partial charge in [-0.25, -0.2) is 4.99 Å². The summed E-state index contributed by atoms with van der Waals surface area (Å²) in [5.74, 6) is 0.0630. The lowest BCUT2D eigenvalue weighted by molar-refractivity contribution is -0.935. The minimum atomic E-state index is 0.0630. The van der Waals surface area contributed by atoms with Gasteiger partial charge in [-0.1, -0.05) is 31.9 Å². The van der Waals surface area contributed by atoms with Crippen LogP contribution in [0.25, 0.3) is 0 Å². The Morgan fingerprint density at radius 3 is 2.74 bits per heavy atom. The van der Waals surface area contributed by atoms with Crippen LogP contribution in [-0.4, -0.2) is 48.9 Å². The minimum Gasteiger partial charge on any atom is -0.351 e. The Balaban J connectivity index is 2.26. The van der Waals surface area contributed by atoms with Crippen LogP contribution < -0.4 is 5.32 Å². The van der Waals surface area contributed by atoms with Crippen LogP contribution in [0.2, 0.25) is 0 Å². The molecule has 1 aliphatic heterocycles. The van der Waals surface area contributed by atoms with Gasteiger partial charge in [-0.3, -0.25) is 9.28 Å². The van der Waals surface area contributed by atoms with Gasteiger partial charge in [0.25, 0.3) is 0 Å². The molecule has 0 spiro atoms. The molecule has 1 rings (SSSR count). The number of likely N-dealkylation sites (N-methyl/N-ethyl adjacent to an activating group) is 1. The molecular formula is C19H36N3O+. The van der Waals surface area contributed by atoms with E-state index < -0.39 is 0 Å². The first kappa shape index (κ1) is 19.9. The smallest absolute Gasteiger partial charge is 0.217 e. The Morgan fingerprint density at radius 1 is 1.26 bits per heavy atom. The number of allylic oxidation sites excluding steroid dienone is 2. The molecule has 0 bridgehead atoms. The molecule has 2 unspecified atom stereocenters. The summed E-state index contributed by atoms with van der Waals surface area (Å²) in [6.45, 7) is 9.87. The summed E-state index contributed by atoms with van der Waals surface area (Å²) in [6, 6.07) is 0. The average Bonchev–Trinajstić information content (AvgIpc) is 2.93. The van der Waals surface area contributed by atoms with Gasteiger partial charge in [0, 0.05) is 13.3 Å². The van der Waals surface area contributed by atoms with Crippen LogP contribution in [0.15, 0.2) is 17.1 Å². The summed E-state index contributed by atoms with van der Waals surface area (Å²) in [5.41, 5.74) is 0. The largest absolute Gasteiger partial charge is 0.351 e. The summed E-state index contributed by atoms with van der Waals surface area (Å²) >= 11 is 0. The Bertz CT molecular complexity index is 392. The van der Waals surface area contributed by atoms with Crippen LogP contribution in [0, 0.1) is 0 Å². The maximum absolute atomic E-state index is 11.1. The van der Waals surface area contributed by atoms with Crippen molar-refractivity contribution < 1.29 is 9.28 Å². The van der Waals surface area contributed by atoms with E-state index in [1.807, 2.05) is 0 Å². The number of carbonyl (C=O) groups excluding carboxylic acids is 1. The summed E-state index contributed by atoms with van der Waals surface area (Å²) in [7, 11) is 0. The fourth-order valence-corrected chi connectivity index (χ4v) is 3.36. The fraction of sp³-hybridized carbons (Fsp3) is 0.789. The number of carbonyl (C=O) groups is 1. The van der Waals surface area contributed by atoms with Crippen LogP contribution in [-0.2, 0) is 4.79 Å². The van der Waals surface area contributed by atoms with Crippen molar-refractivity contribution >= 4 is 12.1 Å². The van der Waals surface area contributed by atoms with E-state index >= 15 is 0 Å². The Kier molecular flexibility index (Phi) is 9.85. The molecule has 0 saturated carbocycles. The van der Waals surface area contributed by atoms with Crippen molar-refractivity contribution in [3.8, 4) is 0 Å². The number of nitrogens with zero attached hydrogens (tertiary/aromatic N) is 2. The molecule has 0 radical (unpaired) electrons. The Hall–Kier alpha value is -1.16. The first-order valence-corrected chi connectivity index (χ1v) is 9.41. The van der Waals surface area contributed by atoms with Crippen molar-refractivity contribution in [3.05, 3.63) is 12.2 Å². The number of hydrogen-bond acceptors (Lipinski definition) is 2. The molecule has 1 aliphatic rings. The topological polar surface area (TPSA) is 41.5 Å².